The van der Waals surface area contributed by atoms with Crippen LogP contribution in [0.2, 0.25) is 0 Å². The van der Waals surface area contributed by atoms with E-state index in [1.807, 2.05) is 38.1 Å². The molecule has 0 aliphatic carbocycles. The van der Waals surface area contributed by atoms with Crippen molar-refractivity contribution in [2.75, 3.05) is 5.32 Å². The molecule has 0 fully saturated rings. The number of benzene rings is 3. The summed E-state index contributed by atoms with van der Waals surface area (Å²) in [6.07, 6.45) is 0.397. The lowest BCUT2D eigenvalue weighted by Crippen LogP contribution is -2.24. The highest BCUT2D eigenvalue weighted by atomic mass is 16.4. The van der Waals surface area contributed by atoms with Crippen LogP contribution >= 0.6 is 0 Å². The number of fused-ring (bicyclic) bond motifs is 1. The van der Waals surface area contributed by atoms with Gasteiger partial charge in [-0.2, -0.15) is 5.26 Å². The maximum atomic E-state index is 13.3. The van der Waals surface area contributed by atoms with Crippen LogP contribution in [0.15, 0.2) is 65.5 Å². The zero-order valence-electron chi connectivity index (χ0n) is 19.2. The van der Waals surface area contributed by atoms with Gasteiger partial charge in [0, 0.05) is 24.7 Å². The van der Waals surface area contributed by atoms with Gasteiger partial charge >= 0.3 is 5.97 Å². The predicted molar refractivity (Wildman–Crippen MR) is 131 cm³/mol. The average molecular weight is 453 g/mol. The Hall–Kier alpha value is -4.44. The Morgan fingerprint density at radius 3 is 2.68 bits per heavy atom. The molecular formula is C27H24N4O3. The second-order valence-corrected chi connectivity index (χ2v) is 8.35. The van der Waals surface area contributed by atoms with Gasteiger partial charge in [0.2, 0.25) is 0 Å². The van der Waals surface area contributed by atoms with Crippen molar-refractivity contribution in [1.82, 2.24) is 9.55 Å². The van der Waals surface area contributed by atoms with Crippen LogP contribution in [0.3, 0.4) is 0 Å². The summed E-state index contributed by atoms with van der Waals surface area (Å²) in [6.45, 7) is 3.84. The van der Waals surface area contributed by atoms with Crippen LogP contribution in [0.25, 0.3) is 10.9 Å². The van der Waals surface area contributed by atoms with Crippen LogP contribution in [0.1, 0.15) is 51.4 Å². The number of nitriles is 1. The van der Waals surface area contributed by atoms with E-state index in [0.29, 0.717) is 34.4 Å². The third-order valence-corrected chi connectivity index (χ3v) is 5.86. The van der Waals surface area contributed by atoms with Crippen molar-refractivity contribution in [1.29, 1.82) is 5.26 Å². The first-order valence-corrected chi connectivity index (χ1v) is 10.9. The molecule has 0 amide bonds. The molecule has 4 rings (SSSR count). The first-order chi connectivity index (χ1) is 16.3. The quantitative estimate of drug-likeness (QED) is 0.443. The van der Waals surface area contributed by atoms with E-state index in [4.69, 9.17) is 4.98 Å². The molecule has 0 unspecified atom stereocenters. The van der Waals surface area contributed by atoms with Crippen molar-refractivity contribution < 1.29 is 9.90 Å². The normalized spacial score (nSPS) is 11.7. The Labute approximate surface area is 196 Å². The third kappa shape index (κ3) is 4.39. The second-order valence-electron chi connectivity index (χ2n) is 8.35. The van der Waals surface area contributed by atoms with Crippen LogP contribution in [-0.2, 0) is 13.5 Å². The average Bonchev–Trinajstić information content (AvgIpc) is 2.82. The van der Waals surface area contributed by atoms with E-state index < -0.39 is 5.97 Å². The van der Waals surface area contributed by atoms with Crippen LogP contribution in [0, 0.1) is 18.3 Å². The molecule has 0 aliphatic heterocycles. The second kappa shape index (κ2) is 9.20. The van der Waals surface area contributed by atoms with E-state index in [2.05, 4.69) is 11.4 Å². The standard InChI is InChI=1S/C27H24N4O3/c1-16-11-21(17(2)29-23-10-5-4-9-20(23)27(33)34)25-22(12-16)26(32)31(3)24(30-25)14-18-7-6-8-19(13-18)15-28/h4-13,17,29H,14H2,1-3H3,(H,33,34)/t17-/m1/s1. The first kappa shape index (κ1) is 22.7. The number of rotatable bonds is 6. The number of nitrogens with zero attached hydrogens (tertiary/aromatic N) is 3. The molecule has 1 atom stereocenters. The molecule has 1 aromatic heterocycles. The minimum atomic E-state index is -1.02. The zero-order valence-corrected chi connectivity index (χ0v) is 19.2. The summed E-state index contributed by atoms with van der Waals surface area (Å²) >= 11 is 0. The van der Waals surface area contributed by atoms with Crippen LogP contribution in [0.5, 0.6) is 0 Å². The van der Waals surface area contributed by atoms with Gasteiger partial charge in [-0.1, -0.05) is 30.3 Å². The van der Waals surface area contributed by atoms with Crippen molar-refractivity contribution in [2.45, 2.75) is 26.3 Å². The summed E-state index contributed by atoms with van der Waals surface area (Å²) in [5.74, 6) is -0.436. The van der Waals surface area contributed by atoms with E-state index in [0.717, 1.165) is 16.7 Å². The van der Waals surface area contributed by atoms with Gasteiger partial charge in [0.1, 0.15) is 5.82 Å². The highest BCUT2D eigenvalue weighted by Gasteiger charge is 2.18. The Balaban J connectivity index is 1.82. The lowest BCUT2D eigenvalue weighted by atomic mass is 10.00. The van der Waals surface area contributed by atoms with Crippen molar-refractivity contribution in [3.8, 4) is 6.07 Å². The fourth-order valence-corrected chi connectivity index (χ4v) is 4.12. The van der Waals surface area contributed by atoms with Crippen LogP contribution in [0.4, 0.5) is 5.69 Å². The van der Waals surface area contributed by atoms with Gasteiger partial charge in [-0.3, -0.25) is 9.36 Å². The first-order valence-electron chi connectivity index (χ1n) is 10.9. The van der Waals surface area contributed by atoms with E-state index in [9.17, 15) is 20.0 Å². The molecule has 0 aliphatic rings. The highest BCUT2D eigenvalue weighted by Crippen LogP contribution is 2.28. The molecule has 0 saturated carbocycles. The molecule has 3 aromatic carbocycles. The zero-order chi connectivity index (χ0) is 24.4. The van der Waals surface area contributed by atoms with Gasteiger partial charge in [-0.05, 0) is 55.3 Å². The number of carboxylic acids is 1. The molecule has 0 bridgehead atoms. The molecule has 0 radical (unpaired) electrons. The molecular weight excluding hydrogens is 428 g/mol. The molecule has 7 heteroatoms. The Morgan fingerprint density at radius 1 is 1.18 bits per heavy atom. The number of hydrogen-bond donors (Lipinski definition) is 2. The lowest BCUT2D eigenvalue weighted by molar-refractivity contribution is 0.0698. The predicted octanol–water partition coefficient (Wildman–Crippen LogP) is 4.58. The lowest BCUT2D eigenvalue weighted by Gasteiger charge is -2.20. The molecule has 0 spiro atoms. The van der Waals surface area contributed by atoms with Crippen LogP contribution < -0.4 is 10.9 Å². The summed E-state index contributed by atoms with van der Waals surface area (Å²) in [7, 11) is 1.70. The summed E-state index contributed by atoms with van der Waals surface area (Å²) in [5, 5.41) is 22.5. The molecule has 170 valence electrons. The van der Waals surface area contributed by atoms with E-state index in [1.165, 1.54) is 0 Å². The van der Waals surface area contributed by atoms with Crippen molar-refractivity contribution in [2.24, 2.45) is 7.05 Å². The number of carboxylic acid groups (broad SMARTS) is 1. The number of aromatic nitrogens is 2. The maximum Gasteiger partial charge on any atom is 0.337 e. The third-order valence-electron chi connectivity index (χ3n) is 5.86. The van der Waals surface area contributed by atoms with Gasteiger partial charge < -0.3 is 10.4 Å². The molecule has 4 aromatic rings. The summed E-state index contributed by atoms with van der Waals surface area (Å²) in [4.78, 5) is 29.8. The summed E-state index contributed by atoms with van der Waals surface area (Å²) < 4.78 is 1.54. The van der Waals surface area contributed by atoms with Gasteiger partial charge in [-0.25, -0.2) is 9.78 Å². The van der Waals surface area contributed by atoms with Crippen LogP contribution in [-0.4, -0.2) is 20.6 Å². The SMILES string of the molecule is Cc1cc([C@@H](C)Nc2ccccc2C(=O)O)c2nc(Cc3cccc(C#N)c3)n(C)c(=O)c2c1. The van der Waals surface area contributed by atoms with E-state index in [1.54, 1.807) is 48.0 Å². The number of para-hydroxylation sites is 1. The van der Waals surface area contributed by atoms with Crippen molar-refractivity contribution in [3.05, 3.63) is 105 Å². The molecule has 2 N–H and O–H groups in total. The van der Waals surface area contributed by atoms with Gasteiger partial charge in [-0.15, -0.1) is 0 Å². The topological polar surface area (TPSA) is 108 Å². The van der Waals surface area contributed by atoms with E-state index >= 15 is 0 Å². The van der Waals surface area contributed by atoms with Gasteiger partial charge in [0.25, 0.3) is 5.56 Å². The number of aromatic carboxylic acids is 1. The van der Waals surface area contributed by atoms with Gasteiger partial charge in [0.05, 0.1) is 34.1 Å². The molecule has 7 nitrogen and oxygen atoms in total. The molecule has 34 heavy (non-hydrogen) atoms. The largest absolute Gasteiger partial charge is 0.478 e. The Morgan fingerprint density at radius 2 is 1.94 bits per heavy atom. The minimum Gasteiger partial charge on any atom is -0.478 e. The smallest absolute Gasteiger partial charge is 0.337 e. The fourth-order valence-electron chi connectivity index (χ4n) is 4.12. The number of hydrogen-bond acceptors (Lipinski definition) is 5. The number of anilines is 1. The van der Waals surface area contributed by atoms with Gasteiger partial charge in [0.15, 0.2) is 0 Å². The number of aryl methyl sites for hydroxylation is 1. The maximum absolute atomic E-state index is 13.3. The van der Waals surface area contributed by atoms with Crippen molar-refractivity contribution >= 4 is 22.6 Å². The van der Waals surface area contributed by atoms with E-state index in [-0.39, 0.29) is 17.2 Å². The fraction of sp³-hybridized carbons (Fsp3) is 0.185. The summed E-state index contributed by atoms with van der Waals surface area (Å²) in [5.41, 5.74) is 4.25. The highest BCUT2D eigenvalue weighted by molar-refractivity contribution is 5.94. The Kier molecular flexibility index (Phi) is 6.15. The molecule has 0 saturated heterocycles. The van der Waals surface area contributed by atoms with Crippen molar-refractivity contribution in [3.63, 3.8) is 0 Å². The number of carbonyl (C=O) groups is 1. The number of nitrogens with one attached hydrogen (secondary N) is 1. The summed E-state index contributed by atoms with van der Waals surface area (Å²) in [6, 6.07) is 19.6. The Bertz CT molecular complexity index is 1520. The molecule has 1 heterocycles. The minimum absolute atomic E-state index is 0.153. The monoisotopic (exact) mass is 452 g/mol.